The monoisotopic (exact) mass is 367 g/mol. The highest BCUT2D eigenvalue weighted by atomic mass is 16.5. The molecule has 2 heterocycles. The number of ether oxygens (including phenoxy) is 1. The molecule has 0 radical (unpaired) electrons. The van der Waals surface area contributed by atoms with Crippen LogP contribution in [0.15, 0.2) is 36.4 Å². The number of para-hydroxylation sites is 1. The molecule has 5 heteroatoms. The summed E-state index contributed by atoms with van der Waals surface area (Å²) in [6.45, 7) is 10.4. The highest BCUT2D eigenvalue weighted by molar-refractivity contribution is 5.95. The Morgan fingerprint density at radius 2 is 2.00 bits per heavy atom. The van der Waals surface area contributed by atoms with Crippen LogP contribution in [-0.4, -0.2) is 30.6 Å². The molecule has 3 rings (SSSR count). The van der Waals surface area contributed by atoms with Gasteiger partial charge in [0.2, 0.25) is 11.8 Å². The first-order valence-corrected chi connectivity index (χ1v) is 9.74. The van der Waals surface area contributed by atoms with Crippen LogP contribution in [0.4, 0.5) is 11.4 Å². The van der Waals surface area contributed by atoms with Crippen molar-refractivity contribution in [2.24, 2.45) is 5.92 Å². The first-order valence-electron chi connectivity index (χ1n) is 9.74. The second kappa shape index (κ2) is 8.42. The van der Waals surface area contributed by atoms with Crippen LogP contribution in [0.5, 0.6) is 5.88 Å². The number of hydrogen-bond acceptors (Lipinski definition) is 4. The topological polar surface area (TPSA) is 54.5 Å². The lowest BCUT2D eigenvalue weighted by atomic mass is 9.94. The second-order valence-corrected chi connectivity index (χ2v) is 7.46. The van der Waals surface area contributed by atoms with Crippen LogP contribution in [0.3, 0.4) is 0 Å². The van der Waals surface area contributed by atoms with Gasteiger partial charge in [0.15, 0.2) is 0 Å². The van der Waals surface area contributed by atoms with E-state index in [2.05, 4.69) is 53.3 Å². The number of amides is 1. The minimum atomic E-state index is -0.0226. The summed E-state index contributed by atoms with van der Waals surface area (Å²) in [5.74, 6) is 0.975. The standard InChI is InChI=1S/C22H29N3O2/c1-5-12-27-22-19(11-10-16(4)23-22)24-21(26)17-13-25(14-17)20-9-7-6-8-18(20)15(2)3/h6-11,15,17H,5,12-14H2,1-4H3,(H,24,26). The molecule has 1 N–H and O–H groups in total. The van der Waals surface area contributed by atoms with Gasteiger partial charge in [-0.25, -0.2) is 4.98 Å². The third kappa shape index (κ3) is 4.41. The lowest BCUT2D eigenvalue weighted by molar-refractivity contribution is -0.120. The van der Waals surface area contributed by atoms with E-state index in [9.17, 15) is 4.79 Å². The van der Waals surface area contributed by atoms with Crippen molar-refractivity contribution in [2.75, 3.05) is 29.9 Å². The molecule has 144 valence electrons. The molecule has 0 spiro atoms. The van der Waals surface area contributed by atoms with Gasteiger partial charge in [0.25, 0.3) is 0 Å². The number of aryl methyl sites for hydroxylation is 1. The van der Waals surface area contributed by atoms with Gasteiger partial charge in [-0.1, -0.05) is 39.0 Å². The number of rotatable bonds is 7. The number of nitrogens with zero attached hydrogens (tertiary/aromatic N) is 2. The van der Waals surface area contributed by atoms with Gasteiger partial charge in [-0.05, 0) is 43.0 Å². The fraction of sp³-hybridized carbons (Fsp3) is 0.455. The van der Waals surface area contributed by atoms with Crippen LogP contribution < -0.4 is 15.0 Å². The zero-order chi connectivity index (χ0) is 19.4. The lowest BCUT2D eigenvalue weighted by Crippen LogP contribution is -2.52. The molecule has 0 atom stereocenters. The van der Waals surface area contributed by atoms with Crippen molar-refractivity contribution in [3.63, 3.8) is 0 Å². The summed E-state index contributed by atoms with van der Waals surface area (Å²) in [5.41, 5.74) is 4.09. The average Bonchev–Trinajstić information content (AvgIpc) is 2.61. The van der Waals surface area contributed by atoms with Gasteiger partial charge >= 0.3 is 0 Å². The van der Waals surface area contributed by atoms with Crippen molar-refractivity contribution in [2.45, 2.75) is 40.0 Å². The van der Waals surface area contributed by atoms with Gasteiger partial charge in [-0.15, -0.1) is 0 Å². The zero-order valence-corrected chi connectivity index (χ0v) is 16.7. The van der Waals surface area contributed by atoms with E-state index in [1.165, 1.54) is 11.3 Å². The molecular formula is C22H29N3O2. The molecule has 1 aromatic carbocycles. The van der Waals surface area contributed by atoms with Crippen molar-refractivity contribution in [1.29, 1.82) is 0 Å². The SMILES string of the molecule is CCCOc1nc(C)ccc1NC(=O)C1CN(c2ccccc2C(C)C)C1. The number of carbonyl (C=O) groups is 1. The highest BCUT2D eigenvalue weighted by Crippen LogP contribution is 2.33. The maximum Gasteiger partial charge on any atom is 0.238 e. The molecule has 2 aromatic rings. The Hall–Kier alpha value is -2.56. The van der Waals surface area contributed by atoms with E-state index < -0.39 is 0 Å². The molecule has 1 amide bonds. The predicted octanol–water partition coefficient (Wildman–Crippen LogP) is 4.38. The Morgan fingerprint density at radius 1 is 1.26 bits per heavy atom. The van der Waals surface area contributed by atoms with Gasteiger partial charge in [-0.3, -0.25) is 4.79 Å². The maximum absolute atomic E-state index is 12.7. The number of anilines is 2. The van der Waals surface area contributed by atoms with E-state index in [1.807, 2.05) is 26.0 Å². The fourth-order valence-electron chi connectivity index (χ4n) is 3.28. The van der Waals surface area contributed by atoms with Crippen LogP contribution in [0.1, 0.15) is 44.4 Å². The minimum Gasteiger partial charge on any atom is -0.476 e. The molecule has 27 heavy (non-hydrogen) atoms. The Balaban J connectivity index is 1.63. The molecular weight excluding hydrogens is 338 g/mol. The lowest BCUT2D eigenvalue weighted by Gasteiger charge is -2.41. The molecule has 0 bridgehead atoms. The van der Waals surface area contributed by atoms with Crippen molar-refractivity contribution >= 4 is 17.3 Å². The molecule has 5 nitrogen and oxygen atoms in total. The molecule has 0 saturated carbocycles. The van der Waals surface area contributed by atoms with Crippen molar-refractivity contribution in [3.8, 4) is 5.88 Å². The van der Waals surface area contributed by atoms with Crippen molar-refractivity contribution in [3.05, 3.63) is 47.7 Å². The molecule has 1 aliphatic rings. The minimum absolute atomic E-state index is 0.0226. The summed E-state index contributed by atoms with van der Waals surface area (Å²) < 4.78 is 5.70. The summed E-state index contributed by atoms with van der Waals surface area (Å²) in [7, 11) is 0. The van der Waals surface area contributed by atoms with Gasteiger partial charge in [-0.2, -0.15) is 0 Å². The summed E-state index contributed by atoms with van der Waals surface area (Å²) in [4.78, 5) is 19.4. The Labute approximate surface area is 161 Å². The molecule has 1 fully saturated rings. The maximum atomic E-state index is 12.7. The Morgan fingerprint density at radius 3 is 2.70 bits per heavy atom. The summed E-state index contributed by atoms with van der Waals surface area (Å²) in [6, 6.07) is 12.2. The number of pyridine rings is 1. The fourth-order valence-corrected chi connectivity index (χ4v) is 3.28. The second-order valence-electron chi connectivity index (χ2n) is 7.46. The van der Waals surface area contributed by atoms with E-state index in [0.29, 0.717) is 24.1 Å². The number of hydrogen-bond donors (Lipinski definition) is 1. The smallest absolute Gasteiger partial charge is 0.238 e. The zero-order valence-electron chi connectivity index (χ0n) is 16.7. The van der Waals surface area contributed by atoms with Crippen molar-refractivity contribution in [1.82, 2.24) is 4.98 Å². The van der Waals surface area contributed by atoms with Gasteiger partial charge < -0.3 is 15.0 Å². The van der Waals surface area contributed by atoms with Gasteiger partial charge in [0.1, 0.15) is 5.69 Å². The van der Waals surface area contributed by atoms with Crippen molar-refractivity contribution < 1.29 is 9.53 Å². The van der Waals surface area contributed by atoms with E-state index in [1.54, 1.807) is 0 Å². The summed E-state index contributed by atoms with van der Waals surface area (Å²) in [5, 5.41) is 3.00. The Bertz CT molecular complexity index is 798. The van der Waals surface area contributed by atoms with E-state index in [0.717, 1.165) is 25.2 Å². The molecule has 1 aliphatic heterocycles. The first-order chi connectivity index (χ1) is 13.0. The largest absolute Gasteiger partial charge is 0.476 e. The normalized spacial score (nSPS) is 14.2. The molecule has 0 unspecified atom stereocenters. The summed E-state index contributed by atoms with van der Waals surface area (Å²) in [6.07, 6.45) is 0.899. The van der Waals surface area contributed by atoms with Gasteiger partial charge in [0.05, 0.1) is 12.5 Å². The van der Waals surface area contributed by atoms with E-state index >= 15 is 0 Å². The quantitative estimate of drug-likeness (QED) is 0.789. The average molecular weight is 367 g/mol. The van der Waals surface area contributed by atoms with Crippen LogP contribution in [0, 0.1) is 12.8 Å². The third-order valence-corrected chi connectivity index (χ3v) is 4.85. The number of aromatic nitrogens is 1. The number of nitrogens with one attached hydrogen (secondary N) is 1. The number of carbonyl (C=O) groups excluding carboxylic acids is 1. The molecule has 0 aliphatic carbocycles. The van der Waals surface area contributed by atoms with Crippen LogP contribution in [-0.2, 0) is 4.79 Å². The molecule has 1 aromatic heterocycles. The van der Waals surface area contributed by atoms with Crippen LogP contribution >= 0.6 is 0 Å². The van der Waals surface area contributed by atoms with Crippen LogP contribution in [0.2, 0.25) is 0 Å². The molecule has 1 saturated heterocycles. The third-order valence-electron chi connectivity index (χ3n) is 4.85. The van der Waals surface area contributed by atoms with E-state index in [-0.39, 0.29) is 11.8 Å². The first kappa shape index (κ1) is 19.2. The number of benzene rings is 1. The van der Waals surface area contributed by atoms with Crippen LogP contribution in [0.25, 0.3) is 0 Å². The predicted molar refractivity (Wildman–Crippen MR) is 110 cm³/mol. The summed E-state index contributed by atoms with van der Waals surface area (Å²) >= 11 is 0. The Kier molecular flexibility index (Phi) is 5.99. The van der Waals surface area contributed by atoms with Gasteiger partial charge in [0, 0.05) is 24.5 Å². The van der Waals surface area contributed by atoms with E-state index in [4.69, 9.17) is 4.74 Å². The highest BCUT2D eigenvalue weighted by Gasteiger charge is 2.34.